The third-order valence-corrected chi connectivity index (χ3v) is 5.95. The number of hydrogen-bond acceptors (Lipinski definition) is 3. The zero-order chi connectivity index (χ0) is 10.2. The van der Waals surface area contributed by atoms with E-state index in [4.69, 9.17) is 0 Å². The largest absolute Gasteiger partial charge is 2.00 e. The van der Waals surface area contributed by atoms with Gasteiger partial charge in [0.1, 0.15) is 0 Å². The van der Waals surface area contributed by atoms with Gasteiger partial charge in [0.05, 0.1) is 9.78 Å². The third-order valence-electron chi connectivity index (χ3n) is 1.31. The first kappa shape index (κ1) is 16.2. The molecule has 0 aliphatic carbocycles. The van der Waals surface area contributed by atoms with Gasteiger partial charge in [-0.05, 0) is 59.9 Å². The van der Waals surface area contributed by atoms with E-state index >= 15 is 0 Å². The Hall–Kier alpha value is 2.23. The summed E-state index contributed by atoms with van der Waals surface area (Å²) in [5.41, 5.74) is 0. The van der Waals surface area contributed by atoms with Crippen LogP contribution in [0.1, 0.15) is 0 Å². The molecule has 0 bridgehead atoms. The zero-order valence-corrected chi connectivity index (χ0v) is 14.5. The van der Waals surface area contributed by atoms with Crippen LogP contribution in [0.2, 0.25) is 0 Å². The quantitative estimate of drug-likeness (QED) is 0.358. The topological polar surface area (TPSA) is 69.2 Å². The summed E-state index contributed by atoms with van der Waals surface area (Å²) in [5, 5.41) is -0.248. The van der Waals surface area contributed by atoms with E-state index < -0.39 is 7.94 Å². The second-order valence-corrected chi connectivity index (χ2v) is 6.11. The van der Waals surface area contributed by atoms with Crippen molar-refractivity contribution < 1.29 is 14.7 Å². The summed E-state index contributed by atoms with van der Waals surface area (Å²) >= 11 is 9.32. The molecule has 1 aromatic rings. The van der Waals surface area contributed by atoms with Gasteiger partial charge in [0, 0.05) is 8.95 Å². The van der Waals surface area contributed by atoms with E-state index in [0.29, 0.717) is 8.95 Å². The van der Waals surface area contributed by atoms with Crippen LogP contribution in [0.5, 0.6) is 0 Å². The van der Waals surface area contributed by atoms with Crippen LogP contribution in [0.15, 0.2) is 25.6 Å². The zero-order valence-electron chi connectivity index (χ0n) is 6.67. The van der Waals surface area contributed by atoms with Gasteiger partial charge in [-0.25, -0.2) is 0 Å². The fraction of sp³-hybridized carbons (Fsp3) is 0. The van der Waals surface area contributed by atoms with Crippen LogP contribution in [0.4, 0.5) is 0 Å². The first-order valence-electron chi connectivity index (χ1n) is 3.00. The molecular formula is C6H2Br3CaO3P. The molecule has 0 unspecified atom stereocenters. The molecule has 0 heterocycles. The Bertz CT molecular complexity index is 342. The molecule has 0 fully saturated rings. The molecule has 72 valence electrons. The molecule has 0 spiro atoms. The Morgan fingerprint density at radius 1 is 0.929 bits per heavy atom. The number of halogens is 3. The molecule has 0 aromatic heterocycles. The van der Waals surface area contributed by atoms with E-state index in [1.54, 1.807) is 0 Å². The minimum atomic E-state index is -4.70. The van der Waals surface area contributed by atoms with Crippen LogP contribution in [0, 0.1) is 0 Å². The summed E-state index contributed by atoms with van der Waals surface area (Å²) in [6, 6.07) is 2.74. The molecule has 0 aliphatic rings. The van der Waals surface area contributed by atoms with Crippen LogP contribution in [0.3, 0.4) is 0 Å². The van der Waals surface area contributed by atoms with Gasteiger partial charge < -0.3 is 14.7 Å². The first-order chi connectivity index (χ1) is 5.84. The van der Waals surface area contributed by atoms with Gasteiger partial charge in [-0.3, -0.25) is 0 Å². The standard InChI is InChI=1S/C6H4Br3O3P.Ca/c7-3-1-2-4(13(10,11)12)6(9)5(3)8;/h1-2H,(H2,10,11,12);/q;+2/p-2. The molecular weight excluding hydrogens is 431 g/mol. The van der Waals surface area contributed by atoms with Gasteiger partial charge in [-0.1, -0.05) is 0 Å². The Labute approximate surface area is 137 Å². The van der Waals surface area contributed by atoms with Crippen molar-refractivity contribution in [1.82, 2.24) is 0 Å². The molecule has 0 radical (unpaired) electrons. The van der Waals surface area contributed by atoms with Crippen LogP contribution >= 0.6 is 55.7 Å². The second-order valence-electron chi connectivity index (χ2n) is 2.19. The predicted octanol–water partition coefficient (Wildman–Crippen LogP) is 0.0621. The smallest absolute Gasteiger partial charge is 0.683 e. The minimum Gasteiger partial charge on any atom is -0.683 e. The van der Waals surface area contributed by atoms with Crippen LogP contribution in [0.25, 0.3) is 0 Å². The van der Waals surface area contributed by atoms with E-state index in [2.05, 4.69) is 47.8 Å². The summed E-state index contributed by atoms with van der Waals surface area (Å²) in [6.07, 6.45) is 0. The SMILES string of the molecule is [Ca+2].[O-][P+]([O-])([O-])c1ccc(Br)c(Br)c1Br. The molecule has 0 saturated heterocycles. The second kappa shape index (κ2) is 6.24. The van der Waals surface area contributed by atoms with Crippen LogP contribution < -0.4 is 20.0 Å². The van der Waals surface area contributed by atoms with Crippen molar-refractivity contribution in [3.05, 3.63) is 25.6 Å². The van der Waals surface area contributed by atoms with E-state index in [1.807, 2.05) is 0 Å². The predicted molar refractivity (Wildman–Crippen MR) is 61.9 cm³/mol. The molecule has 3 nitrogen and oxygen atoms in total. The average Bonchev–Trinajstić information content (AvgIpc) is 1.98. The van der Waals surface area contributed by atoms with Crippen molar-refractivity contribution >= 4 is 98.8 Å². The normalized spacial score (nSPS) is 11.0. The van der Waals surface area contributed by atoms with Crippen molar-refractivity contribution in [2.24, 2.45) is 0 Å². The van der Waals surface area contributed by atoms with E-state index in [0.717, 1.165) is 0 Å². The van der Waals surface area contributed by atoms with Crippen LogP contribution in [-0.4, -0.2) is 37.7 Å². The van der Waals surface area contributed by atoms with Gasteiger partial charge in [0.15, 0.2) is 0 Å². The fourth-order valence-electron chi connectivity index (χ4n) is 0.727. The minimum absolute atomic E-state index is 0. The Morgan fingerprint density at radius 3 is 1.86 bits per heavy atom. The molecule has 0 atom stereocenters. The maximum Gasteiger partial charge on any atom is 2.00 e. The summed E-state index contributed by atoms with van der Waals surface area (Å²) < 4.78 is 1.43. The Balaban J connectivity index is 0.00000169. The number of hydrogen-bond donors (Lipinski definition) is 0. The summed E-state index contributed by atoms with van der Waals surface area (Å²) in [7, 11) is -4.70. The van der Waals surface area contributed by atoms with Gasteiger partial charge in [0.25, 0.3) is 0 Å². The van der Waals surface area contributed by atoms with Crippen LogP contribution in [-0.2, 0) is 0 Å². The molecule has 0 amide bonds. The van der Waals surface area contributed by atoms with Gasteiger partial charge in [0.2, 0.25) is 0 Å². The molecule has 0 saturated carbocycles. The van der Waals surface area contributed by atoms with Gasteiger partial charge in [-0.15, -0.1) is 7.94 Å². The third kappa shape index (κ3) is 3.91. The number of benzene rings is 1. The van der Waals surface area contributed by atoms with E-state index in [1.165, 1.54) is 12.1 Å². The van der Waals surface area contributed by atoms with Crippen molar-refractivity contribution in [3.8, 4) is 0 Å². The van der Waals surface area contributed by atoms with E-state index in [9.17, 15) is 14.7 Å². The monoisotopic (exact) mass is 430 g/mol. The summed E-state index contributed by atoms with van der Waals surface area (Å²) in [6.45, 7) is 0. The number of rotatable bonds is 1. The maximum absolute atomic E-state index is 10.7. The molecule has 0 N–H and O–H groups in total. The van der Waals surface area contributed by atoms with Crippen molar-refractivity contribution in [3.63, 3.8) is 0 Å². The van der Waals surface area contributed by atoms with Crippen molar-refractivity contribution in [2.45, 2.75) is 0 Å². The fourth-order valence-corrected chi connectivity index (χ4v) is 3.43. The molecule has 1 rings (SSSR count). The molecule has 14 heavy (non-hydrogen) atoms. The average molecular weight is 433 g/mol. The van der Waals surface area contributed by atoms with Gasteiger partial charge in [-0.2, -0.15) is 0 Å². The van der Waals surface area contributed by atoms with Crippen molar-refractivity contribution in [2.75, 3.05) is 0 Å². The Kier molecular flexibility index (Phi) is 7.23. The van der Waals surface area contributed by atoms with E-state index in [-0.39, 0.29) is 47.5 Å². The maximum atomic E-state index is 10.7. The van der Waals surface area contributed by atoms with Crippen molar-refractivity contribution in [1.29, 1.82) is 0 Å². The summed E-state index contributed by atoms with van der Waals surface area (Å²) in [4.78, 5) is 32.2. The first-order valence-corrected chi connectivity index (χ1v) is 6.92. The Morgan fingerprint density at radius 2 is 1.43 bits per heavy atom. The summed E-state index contributed by atoms with van der Waals surface area (Å²) in [5.74, 6) is 0. The van der Waals surface area contributed by atoms with Gasteiger partial charge >= 0.3 is 37.7 Å². The molecule has 0 aliphatic heterocycles. The molecule has 8 heteroatoms. The molecule has 1 aromatic carbocycles.